The monoisotopic (exact) mass is 282 g/mol. The average molecular weight is 282 g/mol. The molecule has 0 amide bonds. The number of alkyl halides is 2. The Hall–Kier alpha value is 1.46. The maximum absolute atomic E-state index is 2.33. The second-order valence-electron chi connectivity index (χ2n) is 0.519. The molecule has 0 saturated carbocycles. The SMILES string of the molecule is CC(I)I. The highest BCUT2D eigenvalue weighted by Crippen LogP contribution is 2.05. The van der Waals surface area contributed by atoms with E-state index in [1.54, 1.807) is 0 Å². The van der Waals surface area contributed by atoms with E-state index in [1.807, 2.05) is 0 Å². The summed E-state index contributed by atoms with van der Waals surface area (Å²) >= 11 is 4.66. The first kappa shape index (κ1) is 5.46. The predicted octanol–water partition coefficient (Wildman–Crippen LogP) is 2.20. The first-order valence-electron chi connectivity index (χ1n) is 1.01. The smallest absolute Gasteiger partial charge is 0.0598 e. The molecule has 0 aromatic rings. The molecule has 0 radical (unpaired) electrons. The van der Waals surface area contributed by atoms with Crippen LogP contribution in [-0.2, 0) is 0 Å². The zero-order valence-electron chi connectivity index (χ0n) is 2.33. The highest BCUT2D eigenvalue weighted by Gasteiger charge is 1.73. The second-order valence-corrected chi connectivity index (χ2v) is 6.64. The summed E-state index contributed by atoms with van der Waals surface area (Å²) in [4.78, 5) is 0. The van der Waals surface area contributed by atoms with Crippen molar-refractivity contribution in [3.8, 4) is 0 Å². The van der Waals surface area contributed by atoms with Crippen LogP contribution >= 0.6 is 45.2 Å². The first-order chi connectivity index (χ1) is 1.73. The van der Waals surface area contributed by atoms with Crippen molar-refractivity contribution in [2.24, 2.45) is 0 Å². The van der Waals surface area contributed by atoms with E-state index in [0.717, 1.165) is 1.93 Å². The Bertz CT molecular complexity index is 8.75. The molecule has 0 nitrogen and oxygen atoms in total. The van der Waals surface area contributed by atoms with E-state index in [1.165, 1.54) is 0 Å². The molecule has 0 unspecified atom stereocenters. The molecule has 0 aliphatic heterocycles. The lowest BCUT2D eigenvalue weighted by Crippen LogP contribution is -1.59. The number of halogens is 2. The van der Waals surface area contributed by atoms with Crippen LogP contribution in [-0.4, -0.2) is 1.93 Å². The third kappa shape index (κ3) is 9.82. The van der Waals surface area contributed by atoms with Gasteiger partial charge in [-0.25, -0.2) is 0 Å². The molecular weight excluding hydrogens is 278 g/mol. The Kier molecular flexibility index (Phi) is 3.66. The average Bonchev–Trinajstić information content (AvgIpc) is 0.811. The quantitative estimate of drug-likeness (QED) is 0.472. The molecule has 2 heteroatoms. The van der Waals surface area contributed by atoms with E-state index in [-0.39, 0.29) is 0 Å². The van der Waals surface area contributed by atoms with Crippen LogP contribution in [0.25, 0.3) is 0 Å². The van der Waals surface area contributed by atoms with Crippen molar-refractivity contribution < 1.29 is 0 Å². The summed E-state index contributed by atoms with van der Waals surface area (Å²) in [5, 5.41) is 0. The minimum absolute atomic E-state index is 0.773. The fourth-order valence-electron chi connectivity index (χ4n) is 0. The van der Waals surface area contributed by atoms with Gasteiger partial charge in [0, 0.05) is 0 Å². The normalized spacial score (nSPS) is 9.00. The van der Waals surface area contributed by atoms with Crippen molar-refractivity contribution in [2.75, 3.05) is 0 Å². The lowest BCUT2D eigenvalue weighted by Gasteiger charge is -1.73. The standard InChI is InChI=1S/C2H4I2/c1-2(3)4/h2H,1H3. The van der Waals surface area contributed by atoms with Gasteiger partial charge in [0.1, 0.15) is 0 Å². The van der Waals surface area contributed by atoms with Gasteiger partial charge in [0.25, 0.3) is 0 Å². The molecular formula is C2H4I2. The third-order valence-electron chi connectivity index (χ3n) is 0. The van der Waals surface area contributed by atoms with Crippen LogP contribution in [0.4, 0.5) is 0 Å². The Labute approximate surface area is 53.6 Å². The fraction of sp³-hybridized carbons (Fsp3) is 1.00. The van der Waals surface area contributed by atoms with Crippen LogP contribution < -0.4 is 0 Å². The van der Waals surface area contributed by atoms with Crippen LogP contribution in [0.2, 0.25) is 0 Å². The highest BCUT2D eigenvalue weighted by molar-refractivity contribution is 14.2. The van der Waals surface area contributed by atoms with Crippen molar-refractivity contribution >= 4 is 45.2 Å². The molecule has 0 aromatic carbocycles. The molecule has 0 bridgehead atoms. The topological polar surface area (TPSA) is 0 Å². The summed E-state index contributed by atoms with van der Waals surface area (Å²) in [6.45, 7) is 2.14. The van der Waals surface area contributed by atoms with E-state index < -0.39 is 0 Å². The molecule has 0 rings (SSSR count). The molecule has 4 heavy (non-hydrogen) atoms. The van der Waals surface area contributed by atoms with Crippen molar-refractivity contribution in [1.29, 1.82) is 0 Å². The first-order valence-corrected chi connectivity index (χ1v) is 3.51. The number of rotatable bonds is 0. The van der Waals surface area contributed by atoms with Crippen molar-refractivity contribution in [1.82, 2.24) is 0 Å². The number of hydrogen-bond acceptors (Lipinski definition) is 0. The van der Waals surface area contributed by atoms with Crippen molar-refractivity contribution in [2.45, 2.75) is 8.86 Å². The molecule has 0 atom stereocenters. The van der Waals surface area contributed by atoms with E-state index in [4.69, 9.17) is 0 Å². The molecule has 0 spiro atoms. The summed E-state index contributed by atoms with van der Waals surface area (Å²) in [5.41, 5.74) is 0. The fourth-order valence-corrected chi connectivity index (χ4v) is 0. The van der Waals surface area contributed by atoms with Gasteiger partial charge in [0.05, 0.1) is 1.93 Å². The zero-order valence-corrected chi connectivity index (χ0v) is 6.65. The van der Waals surface area contributed by atoms with Gasteiger partial charge in [-0.05, 0) is 6.92 Å². The van der Waals surface area contributed by atoms with E-state index in [9.17, 15) is 0 Å². The Morgan fingerprint density at radius 3 is 1.50 bits per heavy atom. The van der Waals surface area contributed by atoms with Gasteiger partial charge in [0.2, 0.25) is 0 Å². The molecule has 0 saturated heterocycles. The van der Waals surface area contributed by atoms with Gasteiger partial charge >= 0.3 is 0 Å². The second kappa shape index (κ2) is 2.68. The minimum Gasteiger partial charge on any atom is -0.0713 e. The molecule has 26 valence electrons. The Morgan fingerprint density at radius 1 is 1.50 bits per heavy atom. The molecule has 0 aliphatic rings. The molecule has 0 N–H and O–H groups in total. The van der Waals surface area contributed by atoms with E-state index in [0.29, 0.717) is 0 Å². The molecule has 0 heterocycles. The van der Waals surface area contributed by atoms with Crippen molar-refractivity contribution in [3.05, 3.63) is 0 Å². The van der Waals surface area contributed by atoms with Gasteiger partial charge < -0.3 is 0 Å². The Balaban J connectivity index is 2.32. The van der Waals surface area contributed by atoms with Gasteiger partial charge in [-0.2, -0.15) is 0 Å². The summed E-state index contributed by atoms with van der Waals surface area (Å²) in [7, 11) is 0. The Morgan fingerprint density at radius 2 is 1.50 bits per heavy atom. The van der Waals surface area contributed by atoms with Crippen molar-refractivity contribution in [3.63, 3.8) is 0 Å². The van der Waals surface area contributed by atoms with Crippen LogP contribution in [0, 0.1) is 0 Å². The lowest BCUT2D eigenvalue weighted by molar-refractivity contribution is 1.54. The summed E-state index contributed by atoms with van der Waals surface area (Å²) in [6, 6.07) is 0. The highest BCUT2D eigenvalue weighted by atomic mass is 127. The van der Waals surface area contributed by atoms with Gasteiger partial charge in [-0.3, -0.25) is 0 Å². The molecule has 0 aromatic heterocycles. The number of hydrogen-bond donors (Lipinski definition) is 0. The van der Waals surface area contributed by atoms with Crippen LogP contribution in [0.5, 0.6) is 0 Å². The van der Waals surface area contributed by atoms with Crippen LogP contribution in [0.3, 0.4) is 0 Å². The minimum atomic E-state index is 0.773. The third-order valence-corrected chi connectivity index (χ3v) is 0. The van der Waals surface area contributed by atoms with Crippen LogP contribution in [0.1, 0.15) is 6.92 Å². The molecule has 0 fully saturated rings. The summed E-state index contributed by atoms with van der Waals surface area (Å²) in [5.74, 6) is 0. The van der Waals surface area contributed by atoms with Crippen LogP contribution in [0.15, 0.2) is 0 Å². The van der Waals surface area contributed by atoms with Gasteiger partial charge in [0.15, 0.2) is 0 Å². The maximum Gasteiger partial charge on any atom is 0.0598 e. The van der Waals surface area contributed by atoms with Gasteiger partial charge in [-0.15, -0.1) is 0 Å². The summed E-state index contributed by atoms with van der Waals surface area (Å²) < 4.78 is 0.773. The summed E-state index contributed by atoms with van der Waals surface area (Å²) in [6.07, 6.45) is 0. The maximum atomic E-state index is 2.33. The zero-order chi connectivity index (χ0) is 3.58. The van der Waals surface area contributed by atoms with Gasteiger partial charge in [-0.1, -0.05) is 45.2 Å². The van der Waals surface area contributed by atoms with E-state index >= 15 is 0 Å². The van der Waals surface area contributed by atoms with E-state index in [2.05, 4.69) is 52.1 Å². The lowest BCUT2D eigenvalue weighted by atomic mass is 11.0. The predicted molar refractivity (Wildman–Crippen MR) is 37.5 cm³/mol. The molecule has 0 aliphatic carbocycles. The largest absolute Gasteiger partial charge is 0.0713 e.